The molecule has 0 aliphatic carbocycles. The number of nitrogens with two attached hydrogens (primary N) is 1. The summed E-state index contributed by atoms with van der Waals surface area (Å²) in [6.07, 6.45) is 1.61. The van der Waals surface area contributed by atoms with Crippen molar-refractivity contribution in [3.05, 3.63) is 68.6 Å². The Kier molecular flexibility index (Phi) is 6.80. The number of nitrogen functional groups attached to an aromatic ring is 1. The van der Waals surface area contributed by atoms with E-state index in [0.717, 1.165) is 11.1 Å². The van der Waals surface area contributed by atoms with Crippen molar-refractivity contribution >= 4 is 51.8 Å². The zero-order valence-electron chi connectivity index (χ0n) is 14.4. The van der Waals surface area contributed by atoms with Crippen molar-refractivity contribution in [2.45, 2.75) is 13.0 Å². The van der Waals surface area contributed by atoms with Crippen molar-refractivity contribution in [1.82, 2.24) is 15.6 Å². The summed E-state index contributed by atoms with van der Waals surface area (Å²) in [5.74, 6) is 0.383. The fraction of sp³-hybridized carbons (Fsp3) is 0.111. The molecule has 144 valence electrons. The SMILES string of the molecule is Nc1nnc(CC(=O)N/N=C\c2ccc(OCc3ccc(Cl)cc3Cl)cc2)s1. The second kappa shape index (κ2) is 9.50. The average Bonchev–Trinajstić information content (AvgIpc) is 3.07. The number of carbonyl (C=O) groups excluding carboxylic acids is 1. The highest BCUT2D eigenvalue weighted by Gasteiger charge is 2.07. The first-order valence-electron chi connectivity index (χ1n) is 8.06. The Morgan fingerprint density at radius 1 is 1.21 bits per heavy atom. The Morgan fingerprint density at radius 2 is 2.00 bits per heavy atom. The minimum absolute atomic E-state index is 0.0756. The van der Waals surface area contributed by atoms with Crippen molar-refractivity contribution < 1.29 is 9.53 Å². The molecule has 0 unspecified atom stereocenters. The Bertz CT molecular complexity index is 992. The van der Waals surface area contributed by atoms with Gasteiger partial charge in [-0.1, -0.05) is 40.6 Å². The van der Waals surface area contributed by atoms with E-state index in [9.17, 15) is 4.79 Å². The number of nitrogens with zero attached hydrogens (tertiary/aromatic N) is 3. The first-order valence-corrected chi connectivity index (χ1v) is 9.63. The maximum Gasteiger partial charge on any atom is 0.247 e. The van der Waals surface area contributed by atoms with E-state index in [1.165, 1.54) is 17.6 Å². The van der Waals surface area contributed by atoms with Crippen LogP contribution in [0.2, 0.25) is 10.0 Å². The standard InChI is InChI=1S/C18H15Cl2N5O2S/c19-13-4-3-12(15(20)7-13)10-27-14-5-1-11(2-6-14)9-22-23-16(26)8-17-24-25-18(21)28-17/h1-7,9H,8,10H2,(H2,21,25)(H,23,26)/b22-9-. The maximum absolute atomic E-state index is 11.8. The molecule has 2 aromatic carbocycles. The molecule has 10 heteroatoms. The van der Waals surface area contributed by atoms with Crippen LogP contribution in [0.15, 0.2) is 47.6 Å². The molecule has 1 heterocycles. The van der Waals surface area contributed by atoms with Crippen LogP contribution in [0.5, 0.6) is 5.75 Å². The van der Waals surface area contributed by atoms with Gasteiger partial charge in [0.25, 0.3) is 0 Å². The van der Waals surface area contributed by atoms with Crippen LogP contribution in [0.4, 0.5) is 5.13 Å². The number of rotatable bonds is 7. The van der Waals surface area contributed by atoms with Crippen LogP contribution in [-0.2, 0) is 17.8 Å². The highest BCUT2D eigenvalue weighted by molar-refractivity contribution is 7.15. The fourth-order valence-electron chi connectivity index (χ4n) is 2.14. The molecule has 1 aromatic heterocycles. The first-order chi connectivity index (χ1) is 13.5. The van der Waals surface area contributed by atoms with Gasteiger partial charge in [0.2, 0.25) is 11.0 Å². The minimum atomic E-state index is -0.299. The van der Waals surface area contributed by atoms with E-state index in [0.29, 0.717) is 32.5 Å². The smallest absolute Gasteiger partial charge is 0.247 e. The second-order valence-electron chi connectivity index (χ2n) is 5.60. The molecular weight excluding hydrogens is 421 g/mol. The van der Waals surface area contributed by atoms with E-state index < -0.39 is 0 Å². The third kappa shape index (κ3) is 5.91. The van der Waals surface area contributed by atoms with Gasteiger partial charge < -0.3 is 10.5 Å². The van der Waals surface area contributed by atoms with Gasteiger partial charge in [-0.15, -0.1) is 10.2 Å². The molecule has 0 fully saturated rings. The number of hydrogen-bond donors (Lipinski definition) is 2. The number of anilines is 1. The molecule has 0 saturated carbocycles. The highest BCUT2D eigenvalue weighted by atomic mass is 35.5. The molecule has 0 bridgehead atoms. The highest BCUT2D eigenvalue weighted by Crippen LogP contribution is 2.22. The Balaban J connectivity index is 1.48. The summed E-state index contributed by atoms with van der Waals surface area (Å²) in [7, 11) is 0. The van der Waals surface area contributed by atoms with Gasteiger partial charge in [-0.3, -0.25) is 4.79 Å². The maximum atomic E-state index is 11.8. The van der Waals surface area contributed by atoms with Gasteiger partial charge in [-0.05, 0) is 42.0 Å². The zero-order chi connectivity index (χ0) is 19.9. The van der Waals surface area contributed by atoms with Crippen LogP contribution >= 0.6 is 34.5 Å². The molecule has 28 heavy (non-hydrogen) atoms. The van der Waals surface area contributed by atoms with Crippen LogP contribution in [-0.4, -0.2) is 22.3 Å². The van der Waals surface area contributed by atoms with Crippen LogP contribution in [0.1, 0.15) is 16.1 Å². The summed E-state index contributed by atoms with van der Waals surface area (Å²) < 4.78 is 5.72. The number of hydrazone groups is 1. The van der Waals surface area contributed by atoms with Gasteiger partial charge >= 0.3 is 0 Å². The van der Waals surface area contributed by atoms with Crippen LogP contribution in [0.3, 0.4) is 0 Å². The lowest BCUT2D eigenvalue weighted by molar-refractivity contribution is -0.120. The van der Waals surface area contributed by atoms with E-state index in [4.69, 9.17) is 33.7 Å². The normalized spacial score (nSPS) is 10.9. The van der Waals surface area contributed by atoms with Crippen LogP contribution in [0.25, 0.3) is 0 Å². The quantitative estimate of drug-likeness (QED) is 0.434. The van der Waals surface area contributed by atoms with Gasteiger partial charge in [0.15, 0.2) is 0 Å². The van der Waals surface area contributed by atoms with Gasteiger partial charge in [-0.2, -0.15) is 5.10 Å². The predicted molar refractivity (Wildman–Crippen MR) is 111 cm³/mol. The third-order valence-corrected chi connectivity index (χ3v) is 4.83. The lowest BCUT2D eigenvalue weighted by Crippen LogP contribution is -2.19. The number of nitrogens with one attached hydrogen (secondary N) is 1. The predicted octanol–water partition coefficient (Wildman–Crippen LogP) is 3.70. The molecule has 0 aliphatic heterocycles. The molecule has 1 amide bonds. The topological polar surface area (TPSA) is 102 Å². The lowest BCUT2D eigenvalue weighted by Gasteiger charge is -2.08. The van der Waals surface area contributed by atoms with Gasteiger partial charge in [0, 0.05) is 15.6 Å². The number of amides is 1. The third-order valence-electron chi connectivity index (χ3n) is 3.49. The van der Waals surface area contributed by atoms with Crippen LogP contribution in [0, 0.1) is 0 Å². The Labute approximate surface area is 175 Å². The number of hydrogen-bond acceptors (Lipinski definition) is 7. The average molecular weight is 436 g/mol. The molecule has 0 atom stereocenters. The van der Waals surface area contributed by atoms with Crippen LogP contribution < -0.4 is 15.9 Å². The minimum Gasteiger partial charge on any atom is -0.489 e. The molecule has 0 radical (unpaired) electrons. The van der Waals surface area contributed by atoms with E-state index in [1.54, 1.807) is 24.3 Å². The number of ether oxygens (including phenoxy) is 1. The molecule has 0 saturated heterocycles. The van der Waals surface area contributed by atoms with Gasteiger partial charge in [0.1, 0.15) is 17.4 Å². The van der Waals surface area contributed by atoms with E-state index in [2.05, 4.69) is 20.7 Å². The second-order valence-corrected chi connectivity index (χ2v) is 7.53. The largest absolute Gasteiger partial charge is 0.489 e. The fourth-order valence-corrected chi connectivity index (χ4v) is 3.21. The first kappa shape index (κ1) is 20.1. The van der Waals surface area contributed by atoms with Crippen molar-refractivity contribution in [2.75, 3.05) is 5.73 Å². The van der Waals surface area contributed by atoms with Crippen molar-refractivity contribution in [3.8, 4) is 5.75 Å². The van der Waals surface area contributed by atoms with Crippen molar-refractivity contribution in [1.29, 1.82) is 0 Å². The molecular formula is C18H15Cl2N5O2S. The summed E-state index contributed by atoms with van der Waals surface area (Å²) in [5, 5.41) is 13.4. The van der Waals surface area contributed by atoms with Crippen molar-refractivity contribution in [3.63, 3.8) is 0 Å². The summed E-state index contributed by atoms with van der Waals surface area (Å²) in [6, 6.07) is 12.5. The molecule has 3 aromatic rings. The summed E-state index contributed by atoms with van der Waals surface area (Å²) >= 11 is 13.2. The van der Waals surface area contributed by atoms with Gasteiger partial charge in [-0.25, -0.2) is 5.43 Å². The van der Waals surface area contributed by atoms with E-state index in [-0.39, 0.29) is 12.3 Å². The lowest BCUT2D eigenvalue weighted by atomic mass is 10.2. The van der Waals surface area contributed by atoms with Gasteiger partial charge in [0.05, 0.1) is 12.6 Å². The number of halogens is 2. The Hall–Kier alpha value is -2.68. The number of aromatic nitrogens is 2. The van der Waals surface area contributed by atoms with Crippen molar-refractivity contribution in [2.24, 2.45) is 5.10 Å². The molecule has 3 rings (SSSR count). The molecule has 7 nitrogen and oxygen atoms in total. The molecule has 3 N–H and O–H groups in total. The Morgan fingerprint density at radius 3 is 2.68 bits per heavy atom. The molecule has 0 spiro atoms. The summed E-state index contributed by atoms with van der Waals surface area (Å²) in [6.45, 7) is 0.329. The summed E-state index contributed by atoms with van der Waals surface area (Å²) in [5.41, 5.74) is 9.55. The monoisotopic (exact) mass is 435 g/mol. The molecule has 0 aliphatic rings. The van der Waals surface area contributed by atoms with E-state index >= 15 is 0 Å². The number of benzene rings is 2. The number of carbonyl (C=O) groups is 1. The summed E-state index contributed by atoms with van der Waals surface area (Å²) in [4.78, 5) is 11.8. The zero-order valence-corrected chi connectivity index (χ0v) is 16.8. The van der Waals surface area contributed by atoms with E-state index in [1.807, 2.05) is 18.2 Å².